The summed E-state index contributed by atoms with van der Waals surface area (Å²) < 4.78 is 9.68. The predicted octanol–water partition coefficient (Wildman–Crippen LogP) is 1.84. The number of nitro benzene ring substituents is 1. The molecular formula is C11H9N3O5. The van der Waals surface area contributed by atoms with Gasteiger partial charge in [0.2, 0.25) is 5.76 Å². The van der Waals surface area contributed by atoms with Crippen LogP contribution in [0.15, 0.2) is 35.0 Å². The van der Waals surface area contributed by atoms with Crippen LogP contribution in [0.3, 0.4) is 0 Å². The van der Waals surface area contributed by atoms with Crippen LogP contribution in [-0.2, 0) is 0 Å². The molecule has 8 heteroatoms. The van der Waals surface area contributed by atoms with Crippen LogP contribution in [0.1, 0.15) is 10.6 Å². The van der Waals surface area contributed by atoms with Gasteiger partial charge in [0.05, 0.1) is 30.0 Å². The van der Waals surface area contributed by atoms with E-state index in [1.807, 2.05) is 0 Å². The first kappa shape index (κ1) is 12.6. The molecule has 2 aromatic rings. The fourth-order valence-corrected chi connectivity index (χ4v) is 1.41. The van der Waals surface area contributed by atoms with Crippen molar-refractivity contribution in [2.75, 3.05) is 12.4 Å². The largest absolute Gasteiger partial charge is 0.494 e. The van der Waals surface area contributed by atoms with E-state index in [4.69, 9.17) is 9.26 Å². The van der Waals surface area contributed by atoms with Gasteiger partial charge in [-0.1, -0.05) is 5.16 Å². The number of hydrogen-bond donors (Lipinski definition) is 1. The summed E-state index contributed by atoms with van der Waals surface area (Å²) in [5, 5.41) is 16.5. The number of amides is 1. The first-order valence-electron chi connectivity index (χ1n) is 5.16. The Balaban J connectivity index is 2.25. The Bertz CT molecular complexity index is 609. The SMILES string of the molecule is COc1cc([N+](=O)[O-])ccc1NC(=O)c1ccno1. The van der Waals surface area contributed by atoms with Crippen LogP contribution in [0.2, 0.25) is 0 Å². The van der Waals surface area contributed by atoms with Crippen LogP contribution in [0.4, 0.5) is 11.4 Å². The summed E-state index contributed by atoms with van der Waals surface area (Å²) in [6, 6.07) is 5.26. The summed E-state index contributed by atoms with van der Waals surface area (Å²) in [4.78, 5) is 21.8. The first-order chi connectivity index (χ1) is 9.11. The molecule has 0 fully saturated rings. The molecule has 0 spiro atoms. The minimum absolute atomic E-state index is 0.0282. The van der Waals surface area contributed by atoms with Gasteiger partial charge < -0.3 is 14.6 Å². The van der Waals surface area contributed by atoms with Crippen molar-refractivity contribution < 1.29 is 19.0 Å². The monoisotopic (exact) mass is 263 g/mol. The quantitative estimate of drug-likeness (QED) is 0.666. The summed E-state index contributed by atoms with van der Waals surface area (Å²) in [6.07, 6.45) is 1.34. The van der Waals surface area contributed by atoms with Crippen molar-refractivity contribution in [3.05, 3.63) is 46.3 Å². The standard InChI is InChI=1S/C11H9N3O5/c1-18-10-6-7(14(16)17)2-3-8(10)13-11(15)9-4-5-12-19-9/h2-6H,1H3,(H,13,15). The third kappa shape index (κ3) is 2.68. The molecule has 2 rings (SSSR count). The molecule has 1 N–H and O–H groups in total. The van der Waals surface area contributed by atoms with Gasteiger partial charge in [0, 0.05) is 12.1 Å². The highest BCUT2D eigenvalue weighted by Gasteiger charge is 2.15. The lowest BCUT2D eigenvalue weighted by Gasteiger charge is -2.08. The number of hydrogen-bond acceptors (Lipinski definition) is 6. The van der Waals surface area contributed by atoms with Crippen molar-refractivity contribution in [2.45, 2.75) is 0 Å². The topological polar surface area (TPSA) is 108 Å². The molecule has 0 aliphatic rings. The molecule has 0 unspecified atom stereocenters. The van der Waals surface area contributed by atoms with E-state index in [9.17, 15) is 14.9 Å². The number of nitrogens with one attached hydrogen (secondary N) is 1. The van der Waals surface area contributed by atoms with E-state index in [1.54, 1.807) is 0 Å². The Labute approximate surface area is 107 Å². The second kappa shape index (κ2) is 5.17. The number of benzene rings is 1. The van der Waals surface area contributed by atoms with Crippen LogP contribution in [0.5, 0.6) is 5.75 Å². The van der Waals surface area contributed by atoms with Crippen molar-refractivity contribution >= 4 is 17.3 Å². The number of rotatable bonds is 4. The van der Waals surface area contributed by atoms with E-state index in [-0.39, 0.29) is 17.2 Å². The second-order valence-electron chi connectivity index (χ2n) is 3.47. The second-order valence-corrected chi connectivity index (χ2v) is 3.47. The van der Waals surface area contributed by atoms with Crippen LogP contribution >= 0.6 is 0 Å². The third-order valence-corrected chi connectivity index (χ3v) is 2.31. The number of carbonyl (C=O) groups excluding carboxylic acids is 1. The lowest BCUT2D eigenvalue weighted by Crippen LogP contribution is -2.11. The maximum atomic E-state index is 11.7. The fraction of sp³-hybridized carbons (Fsp3) is 0.0909. The summed E-state index contributed by atoms with van der Waals surface area (Å²) in [6.45, 7) is 0. The molecule has 1 aromatic carbocycles. The molecule has 1 aromatic heterocycles. The Morgan fingerprint density at radius 1 is 1.47 bits per heavy atom. The highest BCUT2D eigenvalue weighted by molar-refractivity contribution is 6.03. The summed E-state index contributed by atoms with van der Waals surface area (Å²) in [5.74, 6) is -0.313. The van der Waals surface area contributed by atoms with Gasteiger partial charge in [-0.05, 0) is 6.07 Å². The zero-order chi connectivity index (χ0) is 13.8. The van der Waals surface area contributed by atoms with Crippen LogP contribution in [0.25, 0.3) is 0 Å². The average Bonchev–Trinajstić information content (AvgIpc) is 2.92. The maximum Gasteiger partial charge on any atom is 0.294 e. The van der Waals surface area contributed by atoms with Gasteiger partial charge in [-0.25, -0.2) is 0 Å². The van der Waals surface area contributed by atoms with Gasteiger partial charge in [0.15, 0.2) is 0 Å². The highest BCUT2D eigenvalue weighted by Crippen LogP contribution is 2.29. The van der Waals surface area contributed by atoms with Crippen molar-refractivity contribution in [2.24, 2.45) is 0 Å². The van der Waals surface area contributed by atoms with E-state index in [2.05, 4.69) is 10.5 Å². The number of nitrogens with zero attached hydrogens (tertiary/aromatic N) is 2. The number of nitro groups is 1. The van der Waals surface area contributed by atoms with Gasteiger partial charge in [-0.2, -0.15) is 0 Å². The normalized spacial score (nSPS) is 9.95. The van der Waals surface area contributed by atoms with Gasteiger partial charge >= 0.3 is 0 Å². The number of non-ortho nitro benzene ring substituents is 1. The third-order valence-electron chi connectivity index (χ3n) is 2.31. The summed E-state index contributed by atoms with van der Waals surface area (Å²) >= 11 is 0. The van der Waals surface area contributed by atoms with Gasteiger partial charge in [-0.3, -0.25) is 14.9 Å². The highest BCUT2D eigenvalue weighted by atomic mass is 16.6. The average molecular weight is 263 g/mol. The van der Waals surface area contributed by atoms with E-state index in [0.717, 1.165) is 0 Å². The molecule has 1 amide bonds. The predicted molar refractivity (Wildman–Crippen MR) is 64.1 cm³/mol. The minimum Gasteiger partial charge on any atom is -0.494 e. The Morgan fingerprint density at radius 2 is 2.26 bits per heavy atom. The molecule has 0 atom stereocenters. The molecule has 0 aliphatic heterocycles. The van der Waals surface area contributed by atoms with E-state index in [1.165, 1.54) is 37.6 Å². The van der Waals surface area contributed by atoms with Crippen molar-refractivity contribution in [3.63, 3.8) is 0 Å². The molecule has 19 heavy (non-hydrogen) atoms. The van der Waals surface area contributed by atoms with Gasteiger partial charge in [0.25, 0.3) is 11.6 Å². The Kier molecular flexibility index (Phi) is 3.42. The van der Waals surface area contributed by atoms with Crippen molar-refractivity contribution in [1.29, 1.82) is 0 Å². The molecular weight excluding hydrogens is 254 g/mol. The molecule has 98 valence electrons. The number of anilines is 1. The van der Waals surface area contributed by atoms with Crippen LogP contribution in [-0.4, -0.2) is 23.1 Å². The number of methoxy groups -OCH3 is 1. The van der Waals surface area contributed by atoms with E-state index in [0.29, 0.717) is 5.69 Å². The van der Waals surface area contributed by atoms with Gasteiger partial charge in [-0.15, -0.1) is 0 Å². The zero-order valence-electron chi connectivity index (χ0n) is 9.82. The molecule has 0 radical (unpaired) electrons. The molecule has 0 aliphatic carbocycles. The van der Waals surface area contributed by atoms with Crippen molar-refractivity contribution in [1.82, 2.24) is 5.16 Å². The lowest BCUT2D eigenvalue weighted by molar-refractivity contribution is -0.384. The summed E-state index contributed by atoms with van der Waals surface area (Å²) in [7, 11) is 1.35. The minimum atomic E-state index is -0.551. The number of carbonyl (C=O) groups is 1. The zero-order valence-corrected chi connectivity index (χ0v) is 9.82. The number of ether oxygens (including phenoxy) is 1. The van der Waals surface area contributed by atoms with Crippen molar-refractivity contribution in [3.8, 4) is 5.75 Å². The number of aromatic nitrogens is 1. The first-order valence-corrected chi connectivity index (χ1v) is 5.16. The molecule has 0 saturated carbocycles. The molecule has 0 saturated heterocycles. The fourth-order valence-electron chi connectivity index (χ4n) is 1.41. The summed E-state index contributed by atoms with van der Waals surface area (Å²) in [5.41, 5.74) is 0.170. The smallest absolute Gasteiger partial charge is 0.294 e. The molecule has 0 bridgehead atoms. The molecule has 1 heterocycles. The molecule has 8 nitrogen and oxygen atoms in total. The Hall–Kier alpha value is -2.90. The maximum absolute atomic E-state index is 11.7. The Morgan fingerprint density at radius 3 is 2.84 bits per heavy atom. The van der Waals surface area contributed by atoms with E-state index < -0.39 is 10.8 Å². The van der Waals surface area contributed by atoms with Gasteiger partial charge in [0.1, 0.15) is 5.75 Å². The van der Waals surface area contributed by atoms with E-state index >= 15 is 0 Å². The lowest BCUT2D eigenvalue weighted by atomic mass is 10.2. The van der Waals surface area contributed by atoms with Crippen LogP contribution in [0, 0.1) is 10.1 Å². The van der Waals surface area contributed by atoms with Crippen LogP contribution < -0.4 is 10.1 Å².